The molecular formula is C12H14N4O4S. The Kier molecular flexibility index (Phi) is 4.11. The van der Waals surface area contributed by atoms with E-state index in [1.54, 1.807) is 6.07 Å². The highest BCUT2D eigenvalue weighted by Gasteiger charge is 2.24. The maximum atomic E-state index is 11.4. The van der Waals surface area contributed by atoms with E-state index in [9.17, 15) is 18.5 Å². The molecule has 0 aliphatic carbocycles. The molecule has 0 atom stereocenters. The number of nitrogens with zero attached hydrogens (tertiary/aromatic N) is 4. The Morgan fingerprint density at radius 3 is 2.38 bits per heavy atom. The number of rotatable bonds is 3. The number of nitro groups is 1. The van der Waals surface area contributed by atoms with Crippen LogP contribution in [0.5, 0.6) is 0 Å². The van der Waals surface area contributed by atoms with E-state index in [0.717, 1.165) is 0 Å². The summed E-state index contributed by atoms with van der Waals surface area (Å²) in [4.78, 5) is 12.1. The largest absolute Gasteiger partial charge is 0.369 e. The molecular weight excluding hydrogens is 296 g/mol. The molecule has 1 heterocycles. The van der Waals surface area contributed by atoms with Crippen LogP contribution in [0.3, 0.4) is 0 Å². The van der Waals surface area contributed by atoms with Crippen LogP contribution >= 0.6 is 0 Å². The van der Waals surface area contributed by atoms with Crippen molar-refractivity contribution in [2.75, 3.05) is 37.3 Å². The molecule has 0 saturated carbocycles. The Bertz CT molecular complexity index is 702. The van der Waals surface area contributed by atoms with E-state index in [1.165, 1.54) is 22.7 Å². The fourth-order valence-electron chi connectivity index (χ4n) is 2.25. The monoisotopic (exact) mass is 310 g/mol. The Morgan fingerprint density at radius 1 is 1.29 bits per heavy atom. The van der Waals surface area contributed by atoms with E-state index in [2.05, 4.69) is 0 Å². The molecule has 1 aromatic carbocycles. The Morgan fingerprint density at radius 2 is 1.90 bits per heavy atom. The van der Waals surface area contributed by atoms with Gasteiger partial charge >= 0.3 is 0 Å². The fraction of sp³-hybridized carbons (Fsp3) is 0.417. The first-order chi connectivity index (χ1) is 9.82. The summed E-state index contributed by atoms with van der Waals surface area (Å²) in [6, 6.07) is 6.16. The van der Waals surface area contributed by atoms with Gasteiger partial charge in [0.25, 0.3) is 5.69 Å². The lowest BCUT2D eigenvalue weighted by Gasteiger charge is -2.34. The van der Waals surface area contributed by atoms with Crippen molar-refractivity contribution in [2.24, 2.45) is 0 Å². The third-order valence-corrected chi connectivity index (χ3v) is 4.67. The average Bonchev–Trinajstić information content (AvgIpc) is 2.45. The van der Waals surface area contributed by atoms with Gasteiger partial charge in [-0.25, -0.2) is 8.42 Å². The maximum Gasteiger partial charge on any atom is 0.287 e. The third kappa shape index (κ3) is 3.29. The second-order valence-corrected chi connectivity index (χ2v) is 6.70. The van der Waals surface area contributed by atoms with Crippen molar-refractivity contribution in [3.8, 4) is 6.07 Å². The van der Waals surface area contributed by atoms with E-state index in [1.807, 2.05) is 11.0 Å². The predicted molar refractivity (Wildman–Crippen MR) is 76.4 cm³/mol. The molecule has 9 heteroatoms. The Hall–Kier alpha value is -2.18. The van der Waals surface area contributed by atoms with Crippen LogP contribution in [0.1, 0.15) is 5.56 Å². The highest BCUT2D eigenvalue weighted by Crippen LogP contribution is 2.25. The molecule has 0 amide bonds. The molecule has 1 aromatic rings. The molecule has 1 fully saturated rings. The van der Waals surface area contributed by atoms with Crippen LogP contribution in [-0.4, -0.2) is 50.1 Å². The van der Waals surface area contributed by atoms with Gasteiger partial charge in [0.2, 0.25) is 10.0 Å². The van der Waals surface area contributed by atoms with Crippen LogP contribution in [0.15, 0.2) is 18.2 Å². The summed E-state index contributed by atoms with van der Waals surface area (Å²) in [5, 5.41) is 19.8. The van der Waals surface area contributed by atoms with Gasteiger partial charge in [-0.1, -0.05) is 0 Å². The number of hydrogen-bond donors (Lipinski definition) is 0. The summed E-state index contributed by atoms with van der Waals surface area (Å²) >= 11 is 0. The zero-order chi connectivity index (χ0) is 15.6. The van der Waals surface area contributed by atoms with Crippen LogP contribution in [-0.2, 0) is 10.0 Å². The molecule has 0 radical (unpaired) electrons. The van der Waals surface area contributed by atoms with Gasteiger partial charge in [-0.2, -0.15) is 9.57 Å². The van der Waals surface area contributed by atoms with Crippen LogP contribution in [0.4, 0.5) is 11.4 Å². The summed E-state index contributed by atoms with van der Waals surface area (Å²) in [6.07, 6.45) is 1.17. The smallest absolute Gasteiger partial charge is 0.287 e. The van der Waals surface area contributed by atoms with Gasteiger partial charge in [-0.05, 0) is 12.1 Å². The van der Waals surface area contributed by atoms with Crippen LogP contribution in [0, 0.1) is 21.4 Å². The first kappa shape index (κ1) is 15.2. The molecule has 112 valence electrons. The average molecular weight is 310 g/mol. The Balaban J connectivity index is 2.18. The molecule has 0 N–H and O–H groups in total. The van der Waals surface area contributed by atoms with Gasteiger partial charge in [0.1, 0.15) is 11.6 Å². The summed E-state index contributed by atoms with van der Waals surface area (Å²) < 4.78 is 24.3. The minimum atomic E-state index is -3.20. The summed E-state index contributed by atoms with van der Waals surface area (Å²) in [5.74, 6) is 0. The lowest BCUT2D eigenvalue weighted by molar-refractivity contribution is -0.385. The fourth-order valence-corrected chi connectivity index (χ4v) is 3.07. The zero-order valence-corrected chi connectivity index (χ0v) is 12.2. The quantitative estimate of drug-likeness (QED) is 0.596. The van der Waals surface area contributed by atoms with Gasteiger partial charge in [-0.3, -0.25) is 10.1 Å². The van der Waals surface area contributed by atoms with E-state index in [4.69, 9.17) is 5.26 Å². The van der Waals surface area contributed by atoms with Crippen molar-refractivity contribution in [3.63, 3.8) is 0 Å². The van der Waals surface area contributed by atoms with Crippen molar-refractivity contribution in [1.82, 2.24) is 4.31 Å². The molecule has 1 aliphatic rings. The number of benzene rings is 1. The van der Waals surface area contributed by atoms with Gasteiger partial charge in [0, 0.05) is 37.9 Å². The van der Waals surface area contributed by atoms with E-state index in [-0.39, 0.29) is 11.3 Å². The number of sulfonamides is 1. The van der Waals surface area contributed by atoms with Crippen molar-refractivity contribution in [1.29, 1.82) is 5.26 Å². The number of hydrogen-bond acceptors (Lipinski definition) is 6. The van der Waals surface area contributed by atoms with Crippen molar-refractivity contribution < 1.29 is 13.3 Å². The van der Waals surface area contributed by atoms with Gasteiger partial charge in [0.15, 0.2) is 0 Å². The van der Waals surface area contributed by atoms with Crippen LogP contribution < -0.4 is 4.90 Å². The summed E-state index contributed by atoms with van der Waals surface area (Å²) in [7, 11) is -3.20. The first-order valence-corrected chi connectivity index (χ1v) is 8.06. The van der Waals surface area contributed by atoms with Gasteiger partial charge < -0.3 is 4.90 Å². The number of piperazine rings is 1. The Labute approximate surface area is 122 Å². The van der Waals surface area contributed by atoms with Crippen molar-refractivity contribution in [2.45, 2.75) is 0 Å². The number of nitriles is 1. The molecule has 8 nitrogen and oxygen atoms in total. The second kappa shape index (κ2) is 5.67. The topological polar surface area (TPSA) is 108 Å². The maximum absolute atomic E-state index is 11.4. The van der Waals surface area contributed by atoms with Gasteiger partial charge in [0.05, 0.1) is 11.2 Å². The second-order valence-electron chi connectivity index (χ2n) is 4.72. The minimum Gasteiger partial charge on any atom is -0.369 e. The predicted octanol–water partition coefficient (Wildman–Crippen LogP) is 0.548. The summed E-state index contributed by atoms with van der Waals surface area (Å²) in [6.45, 7) is 1.68. The number of anilines is 1. The standard InChI is InChI=1S/C12H14N4O4S/c1-21(19,20)15-6-4-14(5-7-15)11-2-3-12(16(17)18)10(8-11)9-13/h2-3,8H,4-7H2,1H3. The van der Waals surface area contributed by atoms with E-state index in [0.29, 0.717) is 31.9 Å². The van der Waals surface area contributed by atoms with Crippen LogP contribution in [0.2, 0.25) is 0 Å². The SMILES string of the molecule is CS(=O)(=O)N1CCN(c2ccc([N+](=O)[O-])c(C#N)c2)CC1. The molecule has 21 heavy (non-hydrogen) atoms. The molecule has 2 rings (SSSR count). The normalized spacial score (nSPS) is 16.5. The van der Waals surface area contributed by atoms with E-state index >= 15 is 0 Å². The molecule has 0 spiro atoms. The lowest BCUT2D eigenvalue weighted by Crippen LogP contribution is -2.48. The molecule has 0 unspecified atom stereocenters. The molecule has 1 aliphatic heterocycles. The zero-order valence-electron chi connectivity index (χ0n) is 11.4. The first-order valence-electron chi connectivity index (χ1n) is 6.21. The van der Waals surface area contributed by atoms with Gasteiger partial charge in [-0.15, -0.1) is 0 Å². The molecule has 0 bridgehead atoms. The van der Waals surface area contributed by atoms with E-state index < -0.39 is 14.9 Å². The van der Waals surface area contributed by atoms with Crippen LogP contribution in [0.25, 0.3) is 0 Å². The molecule has 0 aromatic heterocycles. The summed E-state index contributed by atoms with van der Waals surface area (Å²) in [5.41, 5.74) is 0.462. The highest BCUT2D eigenvalue weighted by atomic mass is 32.2. The highest BCUT2D eigenvalue weighted by molar-refractivity contribution is 7.88. The minimum absolute atomic E-state index is 0.00282. The molecule has 1 saturated heterocycles. The van der Waals surface area contributed by atoms with Crippen molar-refractivity contribution >= 4 is 21.4 Å². The number of nitro benzene ring substituents is 1. The third-order valence-electron chi connectivity index (χ3n) is 3.37. The lowest BCUT2D eigenvalue weighted by atomic mass is 10.1. The van der Waals surface area contributed by atoms with Crippen molar-refractivity contribution in [3.05, 3.63) is 33.9 Å².